The minimum absolute atomic E-state index is 0.0602. The van der Waals surface area contributed by atoms with Gasteiger partial charge >= 0.3 is 0 Å². The summed E-state index contributed by atoms with van der Waals surface area (Å²) < 4.78 is 5.84. The van der Waals surface area contributed by atoms with Gasteiger partial charge in [0, 0.05) is 17.9 Å². The highest BCUT2D eigenvalue weighted by Crippen LogP contribution is 2.57. The summed E-state index contributed by atoms with van der Waals surface area (Å²) in [5.41, 5.74) is 6.92. The average molecular weight is 323 g/mol. The fraction of sp³-hybridized carbons (Fsp3) is 0.588. The van der Waals surface area contributed by atoms with Crippen molar-refractivity contribution in [3.05, 3.63) is 28.8 Å². The van der Waals surface area contributed by atoms with Crippen molar-refractivity contribution in [2.45, 2.75) is 45.3 Å². The maximum Gasteiger partial charge on any atom is 0.245 e. The van der Waals surface area contributed by atoms with Crippen molar-refractivity contribution in [3.8, 4) is 0 Å². The van der Waals surface area contributed by atoms with Crippen LogP contribution in [0.3, 0.4) is 0 Å². The van der Waals surface area contributed by atoms with E-state index in [1.807, 2.05) is 32.9 Å². The van der Waals surface area contributed by atoms with Gasteiger partial charge in [-0.05, 0) is 37.5 Å². The molecule has 120 valence electrons. The highest BCUT2D eigenvalue weighted by molar-refractivity contribution is 6.33. The van der Waals surface area contributed by atoms with Gasteiger partial charge in [0.25, 0.3) is 0 Å². The molecule has 3 N–H and O–H groups in total. The summed E-state index contributed by atoms with van der Waals surface area (Å²) >= 11 is 6.18. The van der Waals surface area contributed by atoms with Crippen LogP contribution >= 0.6 is 11.6 Å². The normalized spacial score (nSPS) is 32.8. The molecular weight excluding hydrogens is 300 g/mol. The quantitative estimate of drug-likeness (QED) is 0.879. The lowest BCUT2D eigenvalue weighted by Crippen LogP contribution is -2.81. The largest absolute Gasteiger partial charge is 0.377 e. The number of rotatable bonds is 2. The number of halogens is 1. The van der Waals surface area contributed by atoms with Gasteiger partial charge in [-0.3, -0.25) is 4.79 Å². The number of ether oxygens (including phenoxy) is 1. The molecular formula is C17H23ClN2O2. The number of carbonyl (C=O) groups is 1. The molecule has 4 nitrogen and oxygen atoms in total. The maximum absolute atomic E-state index is 12.9. The van der Waals surface area contributed by atoms with Gasteiger partial charge in [0.1, 0.15) is 5.54 Å². The number of aryl methyl sites for hydroxylation is 1. The molecule has 1 heterocycles. The topological polar surface area (TPSA) is 64.4 Å². The summed E-state index contributed by atoms with van der Waals surface area (Å²) in [5, 5.41) is 3.45. The van der Waals surface area contributed by atoms with Gasteiger partial charge in [0.2, 0.25) is 5.91 Å². The van der Waals surface area contributed by atoms with E-state index < -0.39 is 11.0 Å². The van der Waals surface area contributed by atoms with Gasteiger partial charge in [-0.15, -0.1) is 0 Å². The molecule has 5 heteroatoms. The van der Waals surface area contributed by atoms with E-state index in [1.54, 1.807) is 6.07 Å². The number of anilines is 1. The predicted octanol–water partition coefficient (Wildman–Crippen LogP) is 3.12. The first-order chi connectivity index (χ1) is 10.3. The molecule has 2 aliphatic rings. The molecule has 1 amide bonds. The Balaban J connectivity index is 1.86. The number of carbonyl (C=O) groups excluding carboxylic acids is 1. The van der Waals surface area contributed by atoms with Crippen LogP contribution in [0.4, 0.5) is 5.69 Å². The van der Waals surface area contributed by atoms with Crippen LogP contribution in [-0.4, -0.2) is 24.2 Å². The fourth-order valence-electron chi connectivity index (χ4n) is 4.00. The maximum atomic E-state index is 12.9. The van der Waals surface area contributed by atoms with Crippen LogP contribution in [0.2, 0.25) is 5.02 Å². The zero-order valence-electron chi connectivity index (χ0n) is 13.3. The summed E-state index contributed by atoms with van der Waals surface area (Å²) in [6.07, 6.45) is 1.94. The minimum Gasteiger partial charge on any atom is -0.377 e. The fourth-order valence-corrected chi connectivity index (χ4v) is 4.16. The van der Waals surface area contributed by atoms with Gasteiger partial charge < -0.3 is 15.8 Å². The zero-order chi connectivity index (χ0) is 16.1. The average Bonchev–Trinajstić information content (AvgIpc) is 2.50. The second-order valence-electron chi connectivity index (χ2n) is 7.07. The first kappa shape index (κ1) is 15.8. The number of nitrogens with one attached hydrogen (secondary N) is 1. The third-order valence-electron chi connectivity index (χ3n) is 5.43. The number of hydrogen-bond acceptors (Lipinski definition) is 3. The molecule has 0 bridgehead atoms. The SMILES string of the molecule is Cc1ccc(Cl)c(NC(=O)C2(N)C3CCCOC3C2(C)C)c1. The van der Waals surface area contributed by atoms with Crippen molar-refractivity contribution >= 4 is 23.2 Å². The van der Waals surface area contributed by atoms with E-state index >= 15 is 0 Å². The smallest absolute Gasteiger partial charge is 0.245 e. The Morgan fingerprint density at radius 1 is 1.45 bits per heavy atom. The first-order valence-corrected chi connectivity index (χ1v) is 8.14. The molecule has 0 radical (unpaired) electrons. The van der Waals surface area contributed by atoms with Crippen LogP contribution in [0, 0.1) is 18.3 Å². The second kappa shape index (κ2) is 5.22. The van der Waals surface area contributed by atoms with Crippen molar-refractivity contribution in [3.63, 3.8) is 0 Å². The van der Waals surface area contributed by atoms with Crippen molar-refractivity contribution in [1.82, 2.24) is 0 Å². The minimum atomic E-state index is -0.925. The van der Waals surface area contributed by atoms with E-state index in [-0.39, 0.29) is 17.9 Å². The molecule has 1 aliphatic carbocycles. The summed E-state index contributed by atoms with van der Waals surface area (Å²) in [6.45, 7) is 6.74. The van der Waals surface area contributed by atoms with Crippen LogP contribution in [0.15, 0.2) is 18.2 Å². The molecule has 1 saturated carbocycles. The van der Waals surface area contributed by atoms with Gasteiger partial charge in [0.15, 0.2) is 0 Å². The number of nitrogens with two attached hydrogens (primary N) is 1. The highest BCUT2D eigenvalue weighted by Gasteiger charge is 2.70. The molecule has 1 aromatic rings. The first-order valence-electron chi connectivity index (χ1n) is 7.76. The van der Waals surface area contributed by atoms with Crippen molar-refractivity contribution in [2.24, 2.45) is 17.1 Å². The predicted molar refractivity (Wildman–Crippen MR) is 88.0 cm³/mol. The van der Waals surface area contributed by atoms with Crippen molar-refractivity contribution in [2.75, 3.05) is 11.9 Å². The molecule has 1 saturated heterocycles. The molecule has 0 spiro atoms. The molecule has 3 rings (SSSR count). The van der Waals surface area contributed by atoms with Crippen LogP contribution < -0.4 is 11.1 Å². The molecule has 0 aromatic heterocycles. The van der Waals surface area contributed by atoms with E-state index in [0.29, 0.717) is 10.7 Å². The summed E-state index contributed by atoms with van der Waals surface area (Å²) in [7, 11) is 0. The molecule has 3 unspecified atom stereocenters. The van der Waals surface area contributed by atoms with Crippen molar-refractivity contribution < 1.29 is 9.53 Å². The molecule has 3 atom stereocenters. The lowest BCUT2D eigenvalue weighted by atomic mass is 9.46. The Bertz CT molecular complexity index is 617. The van der Waals surface area contributed by atoms with Gasteiger partial charge in [0.05, 0.1) is 16.8 Å². The molecule has 1 aliphatic heterocycles. The van der Waals surface area contributed by atoms with Crippen molar-refractivity contribution in [1.29, 1.82) is 0 Å². The van der Waals surface area contributed by atoms with E-state index in [0.717, 1.165) is 25.0 Å². The van der Waals surface area contributed by atoms with Gasteiger partial charge in [-0.1, -0.05) is 31.5 Å². The number of amides is 1. The van der Waals surface area contributed by atoms with E-state index in [1.165, 1.54) is 0 Å². The lowest BCUT2D eigenvalue weighted by molar-refractivity contribution is -0.222. The Kier molecular flexibility index (Phi) is 3.75. The Morgan fingerprint density at radius 2 is 2.18 bits per heavy atom. The molecule has 2 fully saturated rings. The van der Waals surface area contributed by atoms with Gasteiger partial charge in [-0.2, -0.15) is 0 Å². The lowest BCUT2D eigenvalue weighted by Gasteiger charge is -2.65. The molecule has 1 aromatic carbocycles. The summed E-state index contributed by atoms with van der Waals surface area (Å²) in [6, 6.07) is 5.56. The van der Waals surface area contributed by atoms with Crippen LogP contribution in [-0.2, 0) is 9.53 Å². The van der Waals surface area contributed by atoms with Crippen LogP contribution in [0.1, 0.15) is 32.3 Å². The summed E-state index contributed by atoms with van der Waals surface area (Å²) in [4.78, 5) is 12.9. The zero-order valence-corrected chi connectivity index (χ0v) is 14.0. The second-order valence-corrected chi connectivity index (χ2v) is 7.48. The highest BCUT2D eigenvalue weighted by atomic mass is 35.5. The number of hydrogen-bond donors (Lipinski definition) is 2. The third-order valence-corrected chi connectivity index (χ3v) is 5.76. The van der Waals surface area contributed by atoms with E-state index in [2.05, 4.69) is 5.32 Å². The number of benzene rings is 1. The Labute approximate surface area is 136 Å². The Morgan fingerprint density at radius 3 is 2.91 bits per heavy atom. The molecule has 22 heavy (non-hydrogen) atoms. The number of fused-ring (bicyclic) bond motifs is 1. The van der Waals surface area contributed by atoms with E-state index in [9.17, 15) is 4.79 Å². The Hall–Kier alpha value is -1.10. The monoisotopic (exact) mass is 322 g/mol. The third kappa shape index (κ3) is 2.08. The van der Waals surface area contributed by atoms with Crippen LogP contribution in [0.25, 0.3) is 0 Å². The van der Waals surface area contributed by atoms with Gasteiger partial charge in [-0.25, -0.2) is 0 Å². The summed E-state index contributed by atoms with van der Waals surface area (Å²) in [5.74, 6) is -0.100. The standard InChI is InChI=1S/C17H23ClN2O2/c1-10-6-7-12(18)13(9-10)20-15(21)17(19)11-5-4-8-22-14(11)16(17,2)3/h6-7,9,11,14H,4-5,8,19H2,1-3H3,(H,20,21). The van der Waals surface area contributed by atoms with Crippen LogP contribution in [0.5, 0.6) is 0 Å². The van der Waals surface area contributed by atoms with E-state index in [4.69, 9.17) is 22.1 Å².